The van der Waals surface area contributed by atoms with Gasteiger partial charge >= 0.3 is 5.97 Å². The number of anilines is 2. The van der Waals surface area contributed by atoms with E-state index in [9.17, 15) is 4.79 Å². The molecule has 7 heteroatoms. The van der Waals surface area contributed by atoms with Crippen molar-refractivity contribution < 1.29 is 19.0 Å². The van der Waals surface area contributed by atoms with Crippen LogP contribution in [0.2, 0.25) is 0 Å². The predicted octanol–water partition coefficient (Wildman–Crippen LogP) is 4.45. The van der Waals surface area contributed by atoms with Crippen LogP contribution in [0.4, 0.5) is 11.5 Å². The van der Waals surface area contributed by atoms with Crippen LogP contribution in [-0.2, 0) is 11.3 Å². The molecule has 1 aromatic heterocycles. The number of benzene rings is 2. The Morgan fingerprint density at radius 3 is 2.75 bits per heavy atom. The molecular weight excluding hydrogens is 406 g/mol. The van der Waals surface area contributed by atoms with E-state index in [-0.39, 0.29) is 12.0 Å². The van der Waals surface area contributed by atoms with Crippen molar-refractivity contribution in [2.75, 3.05) is 37.6 Å². The summed E-state index contributed by atoms with van der Waals surface area (Å²) < 4.78 is 16.1. The molecule has 0 saturated heterocycles. The summed E-state index contributed by atoms with van der Waals surface area (Å²) in [6.07, 6.45) is 1.75. The van der Waals surface area contributed by atoms with Gasteiger partial charge in [-0.05, 0) is 42.3 Å². The molecule has 1 N–H and O–H groups in total. The minimum atomic E-state index is -0.346. The molecule has 1 atom stereocenters. The first-order valence-electron chi connectivity index (χ1n) is 10.5. The molecule has 2 heterocycles. The average Bonchev–Trinajstić information content (AvgIpc) is 2.84. The zero-order valence-corrected chi connectivity index (χ0v) is 18.5. The van der Waals surface area contributed by atoms with Gasteiger partial charge in [0.25, 0.3) is 0 Å². The van der Waals surface area contributed by atoms with Gasteiger partial charge in [0.1, 0.15) is 23.8 Å². The lowest BCUT2D eigenvalue weighted by Gasteiger charge is -2.33. The summed E-state index contributed by atoms with van der Waals surface area (Å²) in [5, 5.41) is 3.51. The van der Waals surface area contributed by atoms with E-state index in [1.165, 1.54) is 7.11 Å². The molecule has 0 fully saturated rings. The van der Waals surface area contributed by atoms with Crippen LogP contribution in [0.15, 0.2) is 60.8 Å². The van der Waals surface area contributed by atoms with Crippen molar-refractivity contribution in [3.05, 3.63) is 77.5 Å². The number of hydrogen-bond donors (Lipinski definition) is 1. The molecule has 0 spiro atoms. The van der Waals surface area contributed by atoms with Gasteiger partial charge in [-0.1, -0.05) is 24.3 Å². The maximum Gasteiger partial charge on any atom is 0.337 e. The van der Waals surface area contributed by atoms with Crippen molar-refractivity contribution >= 4 is 17.5 Å². The summed E-state index contributed by atoms with van der Waals surface area (Å²) in [4.78, 5) is 18.6. The number of nitrogens with one attached hydrogen (secondary N) is 1. The highest BCUT2D eigenvalue weighted by molar-refractivity contribution is 5.89. The summed E-state index contributed by atoms with van der Waals surface area (Å²) in [5.74, 6) is 2.06. The van der Waals surface area contributed by atoms with Gasteiger partial charge in [0, 0.05) is 18.8 Å². The summed E-state index contributed by atoms with van der Waals surface area (Å²) in [6, 6.07) is 17.3. The molecule has 0 aliphatic carbocycles. The van der Waals surface area contributed by atoms with Gasteiger partial charge in [-0.25, -0.2) is 9.78 Å². The molecule has 3 aromatic rings. The number of carbonyl (C=O) groups is 1. The fraction of sp³-hybridized carbons (Fsp3) is 0.280. The molecule has 2 aromatic carbocycles. The van der Waals surface area contributed by atoms with Crippen molar-refractivity contribution in [2.24, 2.45) is 0 Å². The maximum absolute atomic E-state index is 11.7. The van der Waals surface area contributed by atoms with Crippen LogP contribution in [0.3, 0.4) is 0 Å². The highest BCUT2D eigenvalue weighted by atomic mass is 16.5. The van der Waals surface area contributed by atoms with Crippen molar-refractivity contribution in [3.63, 3.8) is 0 Å². The molecule has 0 unspecified atom stereocenters. The number of esters is 1. The van der Waals surface area contributed by atoms with Crippen LogP contribution in [0.25, 0.3) is 0 Å². The molecule has 32 heavy (non-hydrogen) atoms. The Bertz CT molecular complexity index is 1080. The number of fused-ring (bicyclic) bond motifs is 1. The van der Waals surface area contributed by atoms with E-state index in [1.54, 1.807) is 25.4 Å². The number of ether oxygens (including phenoxy) is 3. The Hall–Kier alpha value is -3.74. The standard InChI is InChI=1S/C25H27N3O4/c1-17(19-7-9-20(10-8-19)25(29)31-3)27-24-23-22(11-12-26-24)32-14-13-28(23)16-18-5-4-6-21(15-18)30-2/h4-12,15,17H,13-14,16H2,1-3H3,(H,26,27)/t17-/m0/s1. The molecule has 0 saturated carbocycles. The Morgan fingerprint density at radius 2 is 2.00 bits per heavy atom. The van der Waals surface area contributed by atoms with Gasteiger partial charge in [0.2, 0.25) is 0 Å². The molecule has 0 radical (unpaired) electrons. The Kier molecular flexibility index (Phi) is 6.44. The van der Waals surface area contributed by atoms with E-state index in [2.05, 4.69) is 28.2 Å². The first-order valence-corrected chi connectivity index (χ1v) is 10.5. The SMILES string of the molecule is COC(=O)c1ccc([C@H](C)Nc2nccc3c2N(Cc2cccc(OC)c2)CCO3)cc1. The van der Waals surface area contributed by atoms with Gasteiger partial charge in [-0.2, -0.15) is 0 Å². The minimum Gasteiger partial charge on any atom is -0.497 e. The summed E-state index contributed by atoms with van der Waals surface area (Å²) >= 11 is 0. The molecule has 0 amide bonds. The Labute approximate surface area is 187 Å². The lowest BCUT2D eigenvalue weighted by molar-refractivity contribution is 0.0600. The van der Waals surface area contributed by atoms with E-state index in [4.69, 9.17) is 14.2 Å². The fourth-order valence-electron chi connectivity index (χ4n) is 3.81. The maximum atomic E-state index is 11.7. The number of carbonyl (C=O) groups excluding carboxylic acids is 1. The second-order valence-corrected chi connectivity index (χ2v) is 7.61. The molecule has 1 aliphatic rings. The van der Waals surface area contributed by atoms with Crippen LogP contribution in [0.1, 0.15) is 34.5 Å². The van der Waals surface area contributed by atoms with Crippen LogP contribution >= 0.6 is 0 Å². The number of pyridine rings is 1. The second-order valence-electron chi connectivity index (χ2n) is 7.61. The van der Waals surface area contributed by atoms with Crippen molar-refractivity contribution in [3.8, 4) is 11.5 Å². The van der Waals surface area contributed by atoms with E-state index in [0.717, 1.165) is 47.2 Å². The largest absolute Gasteiger partial charge is 0.497 e. The van der Waals surface area contributed by atoms with Crippen LogP contribution < -0.4 is 19.7 Å². The summed E-state index contributed by atoms with van der Waals surface area (Å²) in [7, 11) is 3.05. The molecule has 1 aliphatic heterocycles. The van der Waals surface area contributed by atoms with E-state index < -0.39 is 0 Å². The Morgan fingerprint density at radius 1 is 1.19 bits per heavy atom. The monoisotopic (exact) mass is 433 g/mol. The normalized spacial score (nSPS) is 13.5. The van der Waals surface area contributed by atoms with E-state index in [1.807, 2.05) is 36.4 Å². The first-order chi connectivity index (χ1) is 15.6. The van der Waals surface area contributed by atoms with Crippen LogP contribution in [0.5, 0.6) is 11.5 Å². The Balaban J connectivity index is 1.57. The number of hydrogen-bond acceptors (Lipinski definition) is 7. The van der Waals surface area contributed by atoms with Gasteiger partial charge in [0.05, 0.1) is 32.4 Å². The van der Waals surface area contributed by atoms with Gasteiger partial charge in [0.15, 0.2) is 5.82 Å². The molecular formula is C25H27N3O4. The molecule has 166 valence electrons. The van der Waals surface area contributed by atoms with Gasteiger partial charge < -0.3 is 24.4 Å². The lowest BCUT2D eigenvalue weighted by Crippen LogP contribution is -2.33. The number of nitrogens with zero attached hydrogens (tertiary/aromatic N) is 2. The third-order valence-electron chi connectivity index (χ3n) is 5.51. The third-order valence-corrected chi connectivity index (χ3v) is 5.51. The highest BCUT2D eigenvalue weighted by Gasteiger charge is 2.24. The third kappa shape index (κ3) is 4.61. The second kappa shape index (κ2) is 9.60. The van der Waals surface area contributed by atoms with Crippen molar-refractivity contribution in [1.29, 1.82) is 0 Å². The quantitative estimate of drug-likeness (QED) is 0.552. The number of aromatic nitrogens is 1. The van der Waals surface area contributed by atoms with Gasteiger partial charge in [-0.15, -0.1) is 0 Å². The predicted molar refractivity (Wildman–Crippen MR) is 124 cm³/mol. The molecule has 0 bridgehead atoms. The first kappa shape index (κ1) is 21.5. The number of methoxy groups -OCH3 is 2. The summed E-state index contributed by atoms with van der Waals surface area (Å²) in [6.45, 7) is 4.15. The number of rotatable bonds is 7. The van der Waals surface area contributed by atoms with Crippen LogP contribution in [0, 0.1) is 0 Å². The minimum absolute atomic E-state index is 0.0266. The fourth-order valence-corrected chi connectivity index (χ4v) is 3.81. The molecule has 7 nitrogen and oxygen atoms in total. The zero-order chi connectivity index (χ0) is 22.5. The lowest BCUT2D eigenvalue weighted by atomic mass is 10.1. The summed E-state index contributed by atoms with van der Waals surface area (Å²) in [5.41, 5.74) is 3.66. The van der Waals surface area contributed by atoms with Crippen LogP contribution in [-0.4, -0.2) is 38.3 Å². The topological polar surface area (TPSA) is 72.9 Å². The van der Waals surface area contributed by atoms with Crippen molar-refractivity contribution in [2.45, 2.75) is 19.5 Å². The average molecular weight is 434 g/mol. The van der Waals surface area contributed by atoms with E-state index >= 15 is 0 Å². The van der Waals surface area contributed by atoms with Crippen molar-refractivity contribution in [1.82, 2.24) is 4.98 Å². The smallest absolute Gasteiger partial charge is 0.337 e. The highest BCUT2D eigenvalue weighted by Crippen LogP contribution is 2.39. The van der Waals surface area contributed by atoms with E-state index in [0.29, 0.717) is 12.2 Å². The zero-order valence-electron chi connectivity index (χ0n) is 18.5. The van der Waals surface area contributed by atoms with Gasteiger partial charge in [-0.3, -0.25) is 0 Å². The molecule has 4 rings (SSSR count).